The molecule has 3 saturated carbocycles. The van der Waals surface area contributed by atoms with Crippen molar-refractivity contribution >= 4 is 0 Å². The van der Waals surface area contributed by atoms with Crippen LogP contribution in [0.4, 0.5) is 0 Å². The second-order valence-corrected chi connectivity index (χ2v) is 17.2. The summed E-state index contributed by atoms with van der Waals surface area (Å²) < 4.78 is 24.9. The van der Waals surface area contributed by atoms with Crippen LogP contribution in [0.1, 0.15) is 93.4 Å². The topological polar surface area (TPSA) is 118 Å². The van der Waals surface area contributed by atoms with Crippen molar-refractivity contribution in [1.82, 2.24) is 0 Å². The molecule has 2 aliphatic heterocycles. The van der Waals surface area contributed by atoms with Gasteiger partial charge in [-0.3, -0.25) is 0 Å². The fraction of sp³-hybridized carbons (Fsp3) is 0.892. The molecule has 2 bridgehead atoms. The zero-order valence-electron chi connectivity index (χ0n) is 28.9. The van der Waals surface area contributed by atoms with E-state index in [0.717, 1.165) is 25.9 Å². The van der Waals surface area contributed by atoms with E-state index < -0.39 is 48.3 Å². The molecule has 4 aliphatic carbocycles. The summed E-state index contributed by atoms with van der Waals surface area (Å²) in [4.78, 5) is 0. The van der Waals surface area contributed by atoms with E-state index in [0.29, 0.717) is 23.7 Å². The van der Waals surface area contributed by atoms with Crippen molar-refractivity contribution in [3.05, 3.63) is 24.3 Å². The van der Waals surface area contributed by atoms with Crippen LogP contribution in [0.5, 0.6) is 0 Å². The molecule has 6 aliphatic rings. The molecule has 14 atom stereocenters. The maximum Gasteiger partial charge on any atom is 0.186 e. The zero-order chi connectivity index (χ0) is 32.8. The highest BCUT2D eigenvalue weighted by atomic mass is 16.7. The third-order valence-electron chi connectivity index (χ3n) is 14.8. The van der Waals surface area contributed by atoms with Crippen LogP contribution in [0.3, 0.4) is 0 Å². The number of rotatable bonds is 8. The fourth-order valence-corrected chi connectivity index (χ4v) is 11.6. The Hall–Kier alpha value is -0.840. The quantitative estimate of drug-likeness (QED) is 0.283. The normalized spacial score (nSPS) is 51.2. The molecule has 0 aromatic carbocycles. The summed E-state index contributed by atoms with van der Waals surface area (Å²) in [6.07, 6.45) is 10.5. The van der Waals surface area contributed by atoms with Gasteiger partial charge in [0.1, 0.15) is 24.4 Å². The van der Waals surface area contributed by atoms with Gasteiger partial charge in [0.05, 0.1) is 30.5 Å². The van der Waals surface area contributed by atoms with Crippen molar-refractivity contribution in [1.29, 1.82) is 0 Å². The Bertz CT molecular complexity index is 1170. The van der Waals surface area contributed by atoms with Gasteiger partial charge >= 0.3 is 0 Å². The van der Waals surface area contributed by atoms with Gasteiger partial charge in [-0.2, -0.15) is 0 Å². The number of allylic oxidation sites excluding steroid dienone is 2. The van der Waals surface area contributed by atoms with Crippen LogP contribution in [0.2, 0.25) is 0 Å². The van der Waals surface area contributed by atoms with Crippen molar-refractivity contribution in [2.45, 2.75) is 141 Å². The maximum absolute atomic E-state index is 10.7. The molecule has 8 nitrogen and oxygen atoms in total. The molecular weight excluding hydrogens is 572 g/mol. The number of hydrogen-bond acceptors (Lipinski definition) is 8. The molecule has 1 spiro atoms. The Morgan fingerprint density at radius 1 is 0.978 bits per heavy atom. The number of fused-ring (bicyclic) bond motifs is 2. The van der Waals surface area contributed by atoms with Crippen molar-refractivity contribution in [3.63, 3.8) is 0 Å². The predicted octanol–water partition coefficient (Wildman–Crippen LogP) is 4.77. The summed E-state index contributed by atoms with van der Waals surface area (Å²) in [5, 5.41) is 41.1. The van der Waals surface area contributed by atoms with Gasteiger partial charge in [-0.1, -0.05) is 58.9 Å². The predicted molar refractivity (Wildman–Crippen MR) is 171 cm³/mol. The first-order chi connectivity index (χ1) is 21.0. The van der Waals surface area contributed by atoms with Gasteiger partial charge in [0, 0.05) is 23.9 Å². The maximum atomic E-state index is 10.7. The first-order valence-electron chi connectivity index (χ1n) is 17.6. The molecule has 8 heteroatoms. The van der Waals surface area contributed by atoms with Crippen molar-refractivity contribution < 1.29 is 39.4 Å². The first-order valence-corrected chi connectivity index (χ1v) is 17.6. The lowest BCUT2D eigenvalue weighted by Gasteiger charge is -2.65. The second-order valence-electron chi connectivity index (χ2n) is 17.2. The van der Waals surface area contributed by atoms with Gasteiger partial charge in [0.2, 0.25) is 0 Å². The highest BCUT2D eigenvalue weighted by molar-refractivity contribution is 5.33. The minimum atomic E-state index is -1.46. The van der Waals surface area contributed by atoms with Gasteiger partial charge in [0.25, 0.3) is 0 Å². The Morgan fingerprint density at radius 2 is 1.71 bits per heavy atom. The van der Waals surface area contributed by atoms with E-state index in [-0.39, 0.29) is 27.9 Å². The first kappa shape index (κ1) is 34.0. The van der Waals surface area contributed by atoms with Gasteiger partial charge in [0.15, 0.2) is 6.29 Å². The van der Waals surface area contributed by atoms with Crippen LogP contribution in [0.25, 0.3) is 0 Å². The molecule has 0 radical (unpaired) electrons. The van der Waals surface area contributed by atoms with Crippen LogP contribution in [-0.4, -0.2) is 88.8 Å². The standard InChI is InChI=1S/C37H60O8/c1-22(10-9-15-32(2,3)42-8)23-13-16-35(7)25-14-17-37-26(36(25,21-43-37)19-18-34(23,35)6)11-12-27(33(37,4)5)45-31-30(41)29(40)28(39)24(20-38)44-31/h9,14-15,17,22-31,38-41H,10-13,16,18-21H2,1-8H3/t22-,23-,24-,25+,26+,27+,28-,29-,30-,31+,34-,35+,36+,37-/m1/s1. The van der Waals surface area contributed by atoms with Crippen LogP contribution >= 0.6 is 0 Å². The van der Waals surface area contributed by atoms with Crippen LogP contribution in [0.15, 0.2) is 24.3 Å². The van der Waals surface area contributed by atoms with Crippen molar-refractivity contribution in [2.24, 2.45) is 45.3 Å². The average Bonchev–Trinajstić information content (AvgIpc) is 3.39. The van der Waals surface area contributed by atoms with Gasteiger partial charge in [-0.15, -0.1) is 0 Å². The second kappa shape index (κ2) is 11.4. The summed E-state index contributed by atoms with van der Waals surface area (Å²) in [7, 11) is 1.77. The minimum absolute atomic E-state index is 0.0922. The van der Waals surface area contributed by atoms with Crippen LogP contribution < -0.4 is 0 Å². The Labute approximate surface area is 270 Å². The van der Waals surface area contributed by atoms with E-state index in [9.17, 15) is 20.4 Å². The summed E-state index contributed by atoms with van der Waals surface area (Å²) in [6, 6.07) is 0. The molecule has 0 unspecified atom stereocenters. The Kier molecular flexibility index (Phi) is 8.60. The van der Waals surface area contributed by atoms with Gasteiger partial charge in [-0.25, -0.2) is 0 Å². The fourth-order valence-electron chi connectivity index (χ4n) is 11.6. The minimum Gasteiger partial charge on any atom is -0.394 e. The SMILES string of the molecule is COC(C)(C)C=CC[C@@H](C)[C@H]1CC[C@@]2(C)[C@@H]3C=C[C@@]45OC[C@]3(CC[C@]12C)[C@@H]4CC[C@H](O[C@@H]1O[C@H](CO)[C@@H](O)[C@@H](O)[C@H]1O)C5(C)C. The Balaban J connectivity index is 1.24. The highest BCUT2D eigenvalue weighted by Crippen LogP contribution is 2.77. The molecule has 6 rings (SSSR count). The average molecular weight is 633 g/mol. The number of hydrogen-bond donors (Lipinski definition) is 4. The van der Waals surface area contributed by atoms with E-state index in [2.05, 4.69) is 72.8 Å². The third kappa shape index (κ3) is 4.74. The lowest BCUT2D eigenvalue weighted by Crippen LogP contribution is -2.66. The summed E-state index contributed by atoms with van der Waals surface area (Å²) in [6.45, 7) is 16.6. The molecule has 45 heavy (non-hydrogen) atoms. The largest absolute Gasteiger partial charge is 0.394 e. The molecule has 256 valence electrons. The van der Waals surface area contributed by atoms with Gasteiger partial charge in [-0.05, 0) is 87.4 Å². The summed E-state index contributed by atoms with van der Waals surface area (Å²) in [5.41, 5.74) is -0.609. The molecule has 0 amide bonds. The van der Waals surface area contributed by atoms with E-state index in [4.69, 9.17) is 18.9 Å². The molecule has 2 saturated heterocycles. The number of aliphatic hydroxyl groups excluding tert-OH is 4. The molecule has 0 aromatic heterocycles. The van der Waals surface area contributed by atoms with E-state index >= 15 is 0 Å². The van der Waals surface area contributed by atoms with Crippen LogP contribution in [-0.2, 0) is 18.9 Å². The number of methoxy groups -OCH3 is 1. The lowest BCUT2D eigenvalue weighted by atomic mass is 9.38. The molecule has 5 fully saturated rings. The van der Waals surface area contributed by atoms with Crippen molar-refractivity contribution in [2.75, 3.05) is 20.3 Å². The number of aliphatic hydroxyl groups is 4. The molecular formula is C37H60O8. The van der Waals surface area contributed by atoms with E-state index in [1.807, 2.05) is 0 Å². The monoisotopic (exact) mass is 632 g/mol. The zero-order valence-corrected chi connectivity index (χ0v) is 28.9. The van der Waals surface area contributed by atoms with E-state index in [1.54, 1.807) is 7.11 Å². The summed E-state index contributed by atoms with van der Waals surface area (Å²) >= 11 is 0. The third-order valence-corrected chi connectivity index (χ3v) is 14.8. The van der Waals surface area contributed by atoms with E-state index in [1.165, 1.54) is 25.7 Å². The molecule has 4 N–H and O–H groups in total. The number of ether oxygens (including phenoxy) is 4. The lowest BCUT2D eigenvalue weighted by molar-refractivity contribution is -0.329. The molecule has 0 aromatic rings. The smallest absolute Gasteiger partial charge is 0.186 e. The Morgan fingerprint density at radius 3 is 2.40 bits per heavy atom. The summed E-state index contributed by atoms with van der Waals surface area (Å²) in [5.74, 6) is 2.12. The van der Waals surface area contributed by atoms with Gasteiger partial charge < -0.3 is 39.4 Å². The highest BCUT2D eigenvalue weighted by Gasteiger charge is 2.75. The van der Waals surface area contributed by atoms with Crippen molar-refractivity contribution in [3.8, 4) is 0 Å². The molecule has 2 heterocycles. The van der Waals surface area contributed by atoms with Crippen LogP contribution in [0, 0.1) is 45.3 Å².